The third-order valence-electron chi connectivity index (χ3n) is 2.52. The second-order valence-electron chi connectivity index (χ2n) is 3.58. The Bertz CT molecular complexity index is 207. The Morgan fingerprint density at radius 1 is 1.43 bits per heavy atom. The maximum absolute atomic E-state index is 10.5. The lowest BCUT2D eigenvalue weighted by Gasteiger charge is -2.25. The van der Waals surface area contributed by atoms with Crippen molar-refractivity contribution in [2.45, 2.75) is 31.8 Å². The first-order chi connectivity index (χ1) is 6.72. The summed E-state index contributed by atoms with van der Waals surface area (Å²) in [5, 5.41) is 8.60. The second-order valence-corrected chi connectivity index (χ2v) is 3.58. The van der Waals surface area contributed by atoms with Gasteiger partial charge in [-0.05, 0) is 31.6 Å². The van der Waals surface area contributed by atoms with E-state index in [-0.39, 0.29) is 12.7 Å². The highest BCUT2D eigenvalue weighted by atomic mass is 16.6. The molecule has 0 saturated heterocycles. The molecular weight excluding hydrogens is 182 g/mol. The fourth-order valence-electron chi connectivity index (χ4n) is 1.82. The molecule has 1 rings (SSSR count). The van der Waals surface area contributed by atoms with Crippen LogP contribution in [0.2, 0.25) is 0 Å². The van der Waals surface area contributed by atoms with Crippen LogP contribution in [0.1, 0.15) is 25.7 Å². The van der Waals surface area contributed by atoms with Gasteiger partial charge in [0.2, 0.25) is 0 Å². The Labute approximate surface area is 83.7 Å². The highest BCUT2D eigenvalue weighted by Crippen LogP contribution is 2.26. The van der Waals surface area contributed by atoms with Gasteiger partial charge in [0, 0.05) is 0 Å². The molecule has 1 amide bonds. The molecule has 80 valence electrons. The molecular formula is C10H17NO3. The maximum atomic E-state index is 10.5. The zero-order chi connectivity index (χ0) is 10.4. The van der Waals surface area contributed by atoms with E-state index < -0.39 is 6.09 Å². The molecule has 3 N–H and O–H groups in total. The number of hydrogen-bond acceptors (Lipinski definition) is 3. The van der Waals surface area contributed by atoms with Gasteiger partial charge in [-0.2, -0.15) is 0 Å². The number of amides is 1. The molecule has 0 atom stereocenters. The summed E-state index contributed by atoms with van der Waals surface area (Å²) in [6.07, 6.45) is 6.82. The Morgan fingerprint density at radius 3 is 2.57 bits per heavy atom. The average Bonchev–Trinajstić information content (AvgIpc) is 2.16. The molecule has 0 radical (unpaired) electrons. The molecule has 0 aliphatic heterocycles. The van der Waals surface area contributed by atoms with Gasteiger partial charge in [-0.25, -0.2) is 4.79 Å². The zero-order valence-corrected chi connectivity index (χ0v) is 8.19. The molecule has 0 heterocycles. The SMILES string of the molecule is NC(=O)OC1CCC(C=CCO)CC1. The highest BCUT2D eigenvalue weighted by molar-refractivity contribution is 5.64. The van der Waals surface area contributed by atoms with Crippen LogP contribution in [-0.4, -0.2) is 23.9 Å². The predicted molar refractivity (Wildman–Crippen MR) is 52.6 cm³/mol. The van der Waals surface area contributed by atoms with Crippen molar-refractivity contribution in [3.05, 3.63) is 12.2 Å². The summed E-state index contributed by atoms with van der Waals surface area (Å²) in [6, 6.07) is 0. The number of hydrogen-bond donors (Lipinski definition) is 2. The van der Waals surface area contributed by atoms with E-state index in [0.717, 1.165) is 25.7 Å². The van der Waals surface area contributed by atoms with Crippen molar-refractivity contribution in [3.63, 3.8) is 0 Å². The number of rotatable bonds is 3. The summed E-state index contributed by atoms with van der Waals surface area (Å²) in [4.78, 5) is 10.5. The van der Waals surface area contributed by atoms with Crippen molar-refractivity contribution in [2.24, 2.45) is 11.7 Å². The van der Waals surface area contributed by atoms with Crippen LogP contribution in [0.25, 0.3) is 0 Å². The normalized spacial score (nSPS) is 27.8. The number of allylic oxidation sites excluding steroid dienone is 1. The van der Waals surface area contributed by atoms with Crippen molar-refractivity contribution in [2.75, 3.05) is 6.61 Å². The van der Waals surface area contributed by atoms with Crippen molar-refractivity contribution in [1.29, 1.82) is 0 Å². The van der Waals surface area contributed by atoms with E-state index in [0.29, 0.717) is 5.92 Å². The lowest BCUT2D eigenvalue weighted by molar-refractivity contribution is 0.0760. The van der Waals surface area contributed by atoms with E-state index in [2.05, 4.69) is 0 Å². The number of carbonyl (C=O) groups is 1. The molecule has 1 saturated carbocycles. The Hall–Kier alpha value is -1.03. The molecule has 1 fully saturated rings. The average molecular weight is 199 g/mol. The molecule has 4 heteroatoms. The van der Waals surface area contributed by atoms with E-state index in [1.54, 1.807) is 6.08 Å². The lowest BCUT2D eigenvalue weighted by atomic mass is 9.87. The van der Waals surface area contributed by atoms with Crippen LogP contribution in [0, 0.1) is 5.92 Å². The minimum atomic E-state index is -0.681. The van der Waals surface area contributed by atoms with Gasteiger partial charge in [-0.1, -0.05) is 12.2 Å². The summed E-state index contributed by atoms with van der Waals surface area (Å²) in [5.74, 6) is 0.509. The number of aliphatic hydroxyl groups excluding tert-OH is 1. The van der Waals surface area contributed by atoms with Gasteiger partial charge in [-0.15, -0.1) is 0 Å². The Balaban J connectivity index is 2.24. The quantitative estimate of drug-likeness (QED) is 0.670. The summed E-state index contributed by atoms with van der Waals surface area (Å²) < 4.78 is 4.91. The maximum Gasteiger partial charge on any atom is 0.404 e. The van der Waals surface area contributed by atoms with Crippen LogP contribution in [-0.2, 0) is 4.74 Å². The van der Waals surface area contributed by atoms with Gasteiger partial charge in [0.25, 0.3) is 0 Å². The first-order valence-electron chi connectivity index (χ1n) is 4.96. The molecule has 0 bridgehead atoms. The predicted octanol–water partition coefficient (Wildman–Crippen LogP) is 1.19. The van der Waals surface area contributed by atoms with Crippen LogP contribution >= 0.6 is 0 Å². The molecule has 0 spiro atoms. The van der Waals surface area contributed by atoms with Gasteiger partial charge in [-0.3, -0.25) is 0 Å². The van der Waals surface area contributed by atoms with Gasteiger partial charge in [0.15, 0.2) is 0 Å². The first kappa shape index (κ1) is 11.0. The Morgan fingerprint density at radius 2 is 2.07 bits per heavy atom. The molecule has 0 unspecified atom stereocenters. The van der Waals surface area contributed by atoms with E-state index in [1.807, 2.05) is 6.08 Å². The van der Waals surface area contributed by atoms with Crippen LogP contribution in [0.5, 0.6) is 0 Å². The number of primary amides is 1. The van der Waals surface area contributed by atoms with Gasteiger partial charge in [0.1, 0.15) is 6.10 Å². The molecule has 1 aliphatic rings. The van der Waals surface area contributed by atoms with Gasteiger partial charge >= 0.3 is 6.09 Å². The molecule has 0 aromatic carbocycles. The summed E-state index contributed by atoms with van der Waals surface area (Å²) >= 11 is 0. The number of ether oxygens (including phenoxy) is 1. The number of aliphatic hydroxyl groups is 1. The van der Waals surface area contributed by atoms with E-state index in [1.165, 1.54) is 0 Å². The number of nitrogens with two attached hydrogens (primary N) is 1. The minimum Gasteiger partial charge on any atom is -0.446 e. The smallest absolute Gasteiger partial charge is 0.404 e. The zero-order valence-electron chi connectivity index (χ0n) is 8.19. The van der Waals surface area contributed by atoms with E-state index >= 15 is 0 Å². The van der Waals surface area contributed by atoms with Crippen LogP contribution < -0.4 is 5.73 Å². The molecule has 0 aromatic rings. The first-order valence-corrected chi connectivity index (χ1v) is 4.96. The largest absolute Gasteiger partial charge is 0.446 e. The van der Waals surface area contributed by atoms with Gasteiger partial charge in [0.05, 0.1) is 6.61 Å². The summed E-state index contributed by atoms with van der Waals surface area (Å²) in [7, 11) is 0. The Kier molecular flexibility index (Phi) is 4.46. The molecule has 4 nitrogen and oxygen atoms in total. The molecule has 1 aliphatic carbocycles. The van der Waals surface area contributed by atoms with E-state index in [9.17, 15) is 4.79 Å². The van der Waals surface area contributed by atoms with Crippen molar-refractivity contribution in [1.82, 2.24) is 0 Å². The van der Waals surface area contributed by atoms with Crippen molar-refractivity contribution < 1.29 is 14.6 Å². The fourth-order valence-corrected chi connectivity index (χ4v) is 1.82. The molecule has 14 heavy (non-hydrogen) atoms. The second kappa shape index (κ2) is 5.65. The van der Waals surface area contributed by atoms with Crippen molar-refractivity contribution in [3.8, 4) is 0 Å². The molecule has 0 aromatic heterocycles. The van der Waals surface area contributed by atoms with Crippen LogP contribution in [0.3, 0.4) is 0 Å². The fraction of sp³-hybridized carbons (Fsp3) is 0.700. The third-order valence-corrected chi connectivity index (χ3v) is 2.52. The van der Waals surface area contributed by atoms with Crippen molar-refractivity contribution >= 4 is 6.09 Å². The monoisotopic (exact) mass is 199 g/mol. The highest BCUT2D eigenvalue weighted by Gasteiger charge is 2.21. The summed E-state index contributed by atoms with van der Waals surface area (Å²) in [6.45, 7) is 0.0950. The topological polar surface area (TPSA) is 72.6 Å². The summed E-state index contributed by atoms with van der Waals surface area (Å²) in [5.41, 5.74) is 4.93. The van der Waals surface area contributed by atoms with Gasteiger partial charge < -0.3 is 15.6 Å². The van der Waals surface area contributed by atoms with Crippen LogP contribution in [0.4, 0.5) is 4.79 Å². The van der Waals surface area contributed by atoms with E-state index in [4.69, 9.17) is 15.6 Å². The number of carbonyl (C=O) groups excluding carboxylic acids is 1. The standard InChI is InChI=1S/C10H17NO3/c11-10(13)14-9-5-3-8(4-6-9)2-1-7-12/h1-2,8-9,12H,3-7H2,(H2,11,13). The third kappa shape index (κ3) is 3.79. The van der Waals surface area contributed by atoms with Crippen LogP contribution in [0.15, 0.2) is 12.2 Å². The minimum absolute atomic E-state index is 0.00808. The lowest BCUT2D eigenvalue weighted by Crippen LogP contribution is -2.26.